The first-order valence-electron chi connectivity index (χ1n) is 5.02. The Hall–Kier alpha value is -0.370. The molecule has 0 saturated carbocycles. The summed E-state index contributed by atoms with van der Waals surface area (Å²) in [6.45, 7) is 10.4. The van der Waals surface area contributed by atoms with Crippen LogP contribution in [0.25, 0.3) is 0 Å². The van der Waals surface area contributed by atoms with Crippen molar-refractivity contribution in [3.05, 3.63) is 0 Å². The van der Waals surface area contributed by atoms with Crippen LogP contribution in [0.5, 0.6) is 0 Å². The minimum atomic E-state index is 0.0953. The molecule has 1 rings (SSSR count). The highest BCUT2D eigenvalue weighted by atomic mass is 16.1. The van der Waals surface area contributed by atoms with Crippen LogP contribution in [0.3, 0.4) is 0 Å². The Morgan fingerprint density at radius 3 is 1.85 bits per heavy atom. The normalized spacial score (nSPS) is 27.2. The van der Waals surface area contributed by atoms with E-state index in [4.69, 9.17) is 0 Å². The Kier molecular flexibility index (Phi) is 2.54. The molecule has 0 aromatic rings. The van der Waals surface area contributed by atoms with E-state index in [2.05, 4.69) is 33.0 Å². The van der Waals surface area contributed by atoms with Crippen LogP contribution in [0.1, 0.15) is 47.5 Å². The molecule has 76 valence electrons. The van der Waals surface area contributed by atoms with Crippen LogP contribution in [-0.2, 0) is 4.79 Å². The van der Waals surface area contributed by atoms with Crippen molar-refractivity contribution in [3.8, 4) is 0 Å². The van der Waals surface area contributed by atoms with E-state index in [0.29, 0.717) is 5.78 Å². The molecule has 0 amide bonds. The summed E-state index contributed by atoms with van der Waals surface area (Å²) in [7, 11) is 0. The Bertz CT molecular complexity index is 202. The number of carbonyl (C=O) groups excluding carboxylic acids is 1. The zero-order valence-electron chi connectivity index (χ0n) is 9.40. The van der Waals surface area contributed by atoms with E-state index in [-0.39, 0.29) is 17.0 Å². The van der Waals surface area contributed by atoms with Gasteiger partial charge in [0.15, 0.2) is 0 Å². The zero-order chi connectivity index (χ0) is 10.3. The summed E-state index contributed by atoms with van der Waals surface area (Å²) in [6, 6.07) is 0. The second-order valence-corrected chi connectivity index (χ2v) is 5.61. The summed E-state index contributed by atoms with van der Waals surface area (Å²) in [5.74, 6) is 0.578. The molecule has 0 aromatic heterocycles. The van der Waals surface area contributed by atoms with Crippen molar-refractivity contribution in [1.82, 2.24) is 5.32 Å². The molecular weight excluding hydrogens is 162 g/mol. The molecule has 0 aromatic carbocycles. The highest BCUT2D eigenvalue weighted by Crippen LogP contribution is 2.32. The van der Waals surface area contributed by atoms with Crippen LogP contribution in [0.2, 0.25) is 0 Å². The van der Waals surface area contributed by atoms with Crippen molar-refractivity contribution >= 4 is 5.78 Å². The predicted octanol–water partition coefficient (Wildman–Crippen LogP) is 2.13. The summed E-state index contributed by atoms with van der Waals surface area (Å²) < 4.78 is 0. The maximum absolute atomic E-state index is 11.3. The van der Waals surface area contributed by atoms with E-state index >= 15 is 0 Å². The summed E-state index contributed by atoms with van der Waals surface area (Å²) in [4.78, 5) is 11.3. The van der Waals surface area contributed by atoms with E-state index in [1.165, 1.54) is 0 Å². The molecule has 2 heteroatoms. The van der Waals surface area contributed by atoms with Gasteiger partial charge in [0.2, 0.25) is 0 Å². The molecule has 1 aliphatic heterocycles. The smallest absolute Gasteiger partial charge is 0.133 e. The van der Waals surface area contributed by atoms with Gasteiger partial charge in [0.25, 0.3) is 0 Å². The van der Waals surface area contributed by atoms with Gasteiger partial charge in [-0.25, -0.2) is 0 Å². The minimum absolute atomic E-state index is 0.0953. The third kappa shape index (κ3) is 2.80. The number of hydrogen-bond donors (Lipinski definition) is 1. The third-order valence-corrected chi connectivity index (χ3v) is 2.77. The van der Waals surface area contributed by atoms with Gasteiger partial charge in [-0.2, -0.15) is 0 Å². The van der Waals surface area contributed by atoms with Crippen molar-refractivity contribution < 1.29 is 4.79 Å². The molecular formula is C11H21NO. The number of ketones is 1. The van der Waals surface area contributed by atoms with Crippen LogP contribution < -0.4 is 5.32 Å². The highest BCUT2D eigenvalue weighted by molar-refractivity contribution is 5.78. The monoisotopic (exact) mass is 183 g/mol. The Labute approximate surface area is 81.1 Å². The highest BCUT2D eigenvalue weighted by Gasteiger charge is 2.39. The van der Waals surface area contributed by atoms with Gasteiger partial charge < -0.3 is 5.32 Å². The van der Waals surface area contributed by atoms with Gasteiger partial charge in [-0.05, 0) is 47.5 Å². The molecule has 0 radical (unpaired) electrons. The second kappa shape index (κ2) is 3.09. The quantitative estimate of drug-likeness (QED) is 0.674. The second-order valence-electron chi connectivity index (χ2n) is 5.61. The summed E-state index contributed by atoms with van der Waals surface area (Å²) in [5.41, 5.74) is 0.191. The molecule has 0 unspecified atom stereocenters. The molecule has 1 N–H and O–H groups in total. The zero-order valence-corrected chi connectivity index (χ0v) is 9.40. The van der Waals surface area contributed by atoms with Gasteiger partial charge in [0.1, 0.15) is 5.78 Å². The van der Waals surface area contributed by atoms with E-state index in [1.54, 1.807) is 6.92 Å². The standard InChI is InChI=1S/C11H21NO/c1-8(13)9-6-10(2,3)12-11(4,5)7-9/h9,12H,6-7H2,1-5H3. The van der Waals surface area contributed by atoms with Gasteiger partial charge in [-0.15, -0.1) is 0 Å². The van der Waals surface area contributed by atoms with Crippen LogP contribution >= 0.6 is 0 Å². The number of nitrogens with one attached hydrogen (secondary N) is 1. The lowest BCUT2D eigenvalue weighted by Gasteiger charge is -2.45. The van der Waals surface area contributed by atoms with Crippen molar-refractivity contribution in [3.63, 3.8) is 0 Å². The van der Waals surface area contributed by atoms with Gasteiger partial charge in [-0.1, -0.05) is 0 Å². The molecule has 1 saturated heterocycles. The van der Waals surface area contributed by atoms with E-state index in [9.17, 15) is 4.79 Å². The van der Waals surface area contributed by atoms with Gasteiger partial charge >= 0.3 is 0 Å². The van der Waals surface area contributed by atoms with Crippen molar-refractivity contribution in [2.75, 3.05) is 0 Å². The summed E-state index contributed by atoms with van der Waals surface area (Å²) >= 11 is 0. The first-order chi connectivity index (χ1) is 5.72. The minimum Gasteiger partial charge on any atom is -0.307 e. The summed E-state index contributed by atoms with van der Waals surface area (Å²) in [6.07, 6.45) is 1.93. The van der Waals surface area contributed by atoms with Crippen LogP contribution in [-0.4, -0.2) is 16.9 Å². The molecule has 0 atom stereocenters. The molecule has 1 heterocycles. The Balaban J connectivity index is 2.78. The lowest BCUT2D eigenvalue weighted by Crippen LogP contribution is -2.58. The first kappa shape index (κ1) is 10.7. The number of rotatable bonds is 1. The van der Waals surface area contributed by atoms with Gasteiger partial charge in [0.05, 0.1) is 0 Å². The maximum atomic E-state index is 11.3. The molecule has 1 fully saturated rings. The number of piperidine rings is 1. The van der Waals surface area contributed by atoms with E-state index in [0.717, 1.165) is 12.8 Å². The molecule has 0 bridgehead atoms. The lowest BCUT2D eigenvalue weighted by atomic mass is 9.74. The fourth-order valence-corrected chi connectivity index (χ4v) is 2.61. The molecule has 2 nitrogen and oxygen atoms in total. The third-order valence-electron chi connectivity index (χ3n) is 2.77. The average Bonchev–Trinajstić information content (AvgIpc) is 1.79. The number of Topliss-reactive ketones (excluding diaryl/α,β-unsaturated/α-hetero) is 1. The van der Waals surface area contributed by atoms with Gasteiger partial charge in [0, 0.05) is 17.0 Å². The van der Waals surface area contributed by atoms with Crippen molar-refractivity contribution in [2.24, 2.45) is 5.92 Å². The summed E-state index contributed by atoms with van der Waals surface area (Å²) in [5, 5.41) is 3.56. The van der Waals surface area contributed by atoms with E-state index < -0.39 is 0 Å². The average molecular weight is 183 g/mol. The topological polar surface area (TPSA) is 29.1 Å². The molecule has 1 aliphatic rings. The molecule has 0 aliphatic carbocycles. The largest absolute Gasteiger partial charge is 0.307 e. The van der Waals surface area contributed by atoms with Crippen LogP contribution in [0.4, 0.5) is 0 Å². The van der Waals surface area contributed by atoms with Crippen LogP contribution in [0, 0.1) is 5.92 Å². The molecule has 0 spiro atoms. The van der Waals surface area contributed by atoms with Crippen LogP contribution in [0.15, 0.2) is 0 Å². The Morgan fingerprint density at radius 2 is 1.54 bits per heavy atom. The maximum Gasteiger partial charge on any atom is 0.133 e. The molecule has 13 heavy (non-hydrogen) atoms. The van der Waals surface area contributed by atoms with Crippen molar-refractivity contribution in [2.45, 2.75) is 58.5 Å². The van der Waals surface area contributed by atoms with Crippen molar-refractivity contribution in [1.29, 1.82) is 0 Å². The van der Waals surface area contributed by atoms with Gasteiger partial charge in [-0.3, -0.25) is 4.79 Å². The van der Waals surface area contributed by atoms with E-state index in [1.807, 2.05) is 0 Å². The number of carbonyl (C=O) groups is 1. The Morgan fingerprint density at radius 1 is 1.15 bits per heavy atom. The lowest BCUT2D eigenvalue weighted by molar-refractivity contribution is -0.123. The fourth-order valence-electron chi connectivity index (χ4n) is 2.61. The predicted molar refractivity (Wildman–Crippen MR) is 54.7 cm³/mol. The number of hydrogen-bond acceptors (Lipinski definition) is 2. The SMILES string of the molecule is CC(=O)C1CC(C)(C)NC(C)(C)C1. The first-order valence-corrected chi connectivity index (χ1v) is 5.02. The fraction of sp³-hybridized carbons (Fsp3) is 0.909.